The van der Waals surface area contributed by atoms with Gasteiger partial charge in [-0.1, -0.05) is 22.0 Å². The first-order valence-electron chi connectivity index (χ1n) is 8.23. The van der Waals surface area contributed by atoms with Gasteiger partial charge in [0.2, 0.25) is 5.89 Å². The second-order valence-electron chi connectivity index (χ2n) is 6.15. The number of nitrogens with zero attached hydrogens (tertiary/aromatic N) is 2. The molecule has 1 heterocycles. The van der Waals surface area contributed by atoms with Crippen LogP contribution in [0.2, 0.25) is 0 Å². The highest BCUT2D eigenvalue weighted by molar-refractivity contribution is 9.10. The molecule has 0 radical (unpaired) electrons. The molecular weight excluding hydrogens is 408 g/mol. The molecule has 0 aliphatic carbocycles. The van der Waals surface area contributed by atoms with Crippen LogP contribution in [0.25, 0.3) is 22.6 Å². The average molecular weight is 423 g/mol. The fraction of sp³-hybridized carbons (Fsp3) is 0.0476. The van der Waals surface area contributed by atoms with Gasteiger partial charge in [-0.3, -0.25) is 4.99 Å². The molecule has 0 fully saturated rings. The van der Waals surface area contributed by atoms with Crippen molar-refractivity contribution in [3.05, 3.63) is 70.2 Å². The molecule has 0 atom stereocenters. The highest BCUT2D eigenvalue weighted by atomic mass is 79.9. The summed E-state index contributed by atoms with van der Waals surface area (Å²) in [4.78, 5) is 8.83. The standard InChI is InChI=1S/C21H15BrN2O3/c1-12-2-5-17-20(8-12)27-21(24-17)16-10-15(4-7-19(16)26)23-11-13-9-14(22)3-6-18(13)25/h2-11,25-26H,1H3. The van der Waals surface area contributed by atoms with Gasteiger partial charge < -0.3 is 14.6 Å². The van der Waals surface area contributed by atoms with Gasteiger partial charge in [-0.05, 0) is 61.0 Å². The molecule has 0 saturated carbocycles. The Bertz CT molecular complexity index is 1180. The quantitative estimate of drug-likeness (QED) is 0.413. The van der Waals surface area contributed by atoms with Gasteiger partial charge >= 0.3 is 0 Å². The van der Waals surface area contributed by atoms with Crippen LogP contribution in [0.3, 0.4) is 0 Å². The summed E-state index contributed by atoms with van der Waals surface area (Å²) < 4.78 is 6.64. The number of oxazole rings is 1. The van der Waals surface area contributed by atoms with E-state index in [0.717, 1.165) is 15.6 Å². The number of phenolic OH excluding ortho intramolecular Hbond substituents is 2. The van der Waals surface area contributed by atoms with Crippen LogP contribution < -0.4 is 0 Å². The van der Waals surface area contributed by atoms with Crippen LogP contribution >= 0.6 is 15.9 Å². The number of hydrogen-bond acceptors (Lipinski definition) is 5. The number of aryl methyl sites for hydroxylation is 1. The minimum Gasteiger partial charge on any atom is -0.507 e. The summed E-state index contributed by atoms with van der Waals surface area (Å²) >= 11 is 3.37. The van der Waals surface area contributed by atoms with Gasteiger partial charge in [0.05, 0.1) is 11.3 Å². The Hall–Kier alpha value is -3.12. The molecule has 0 bridgehead atoms. The fourth-order valence-corrected chi connectivity index (χ4v) is 3.07. The van der Waals surface area contributed by atoms with Crippen LogP contribution in [0, 0.1) is 6.92 Å². The monoisotopic (exact) mass is 422 g/mol. The average Bonchev–Trinajstić information content (AvgIpc) is 3.06. The lowest BCUT2D eigenvalue weighted by atomic mass is 10.1. The number of fused-ring (bicyclic) bond motifs is 1. The van der Waals surface area contributed by atoms with Gasteiger partial charge in [0.15, 0.2) is 5.58 Å². The van der Waals surface area contributed by atoms with E-state index in [9.17, 15) is 10.2 Å². The summed E-state index contributed by atoms with van der Waals surface area (Å²) in [6.45, 7) is 1.98. The Kier molecular flexibility index (Phi) is 4.41. The zero-order valence-corrected chi connectivity index (χ0v) is 15.9. The zero-order chi connectivity index (χ0) is 19.0. The second-order valence-corrected chi connectivity index (χ2v) is 7.07. The molecule has 0 unspecified atom stereocenters. The third-order valence-corrected chi connectivity index (χ3v) is 4.59. The molecule has 134 valence electrons. The van der Waals surface area contributed by atoms with E-state index in [2.05, 4.69) is 25.9 Å². The first-order valence-corrected chi connectivity index (χ1v) is 9.02. The van der Waals surface area contributed by atoms with Crippen molar-refractivity contribution >= 4 is 38.9 Å². The Morgan fingerprint density at radius 2 is 1.81 bits per heavy atom. The van der Waals surface area contributed by atoms with E-state index >= 15 is 0 Å². The molecule has 5 nitrogen and oxygen atoms in total. The summed E-state index contributed by atoms with van der Waals surface area (Å²) in [7, 11) is 0. The third kappa shape index (κ3) is 3.57. The Morgan fingerprint density at radius 1 is 1.00 bits per heavy atom. The molecule has 3 aromatic carbocycles. The molecule has 0 aliphatic heterocycles. The summed E-state index contributed by atoms with van der Waals surface area (Å²) in [5.74, 6) is 0.522. The van der Waals surface area contributed by atoms with Crippen LogP contribution in [0.4, 0.5) is 5.69 Å². The van der Waals surface area contributed by atoms with Crippen molar-refractivity contribution in [1.29, 1.82) is 0 Å². The van der Waals surface area contributed by atoms with E-state index in [1.165, 1.54) is 0 Å². The predicted octanol–water partition coefficient (Wildman–Crippen LogP) is 5.73. The van der Waals surface area contributed by atoms with Crippen LogP contribution in [0.5, 0.6) is 11.5 Å². The summed E-state index contributed by atoms with van der Waals surface area (Å²) in [6.07, 6.45) is 1.56. The molecule has 1 aromatic heterocycles. The van der Waals surface area contributed by atoms with E-state index in [-0.39, 0.29) is 11.5 Å². The summed E-state index contributed by atoms with van der Waals surface area (Å²) in [5, 5.41) is 20.2. The van der Waals surface area contributed by atoms with Crippen molar-refractivity contribution in [1.82, 2.24) is 4.98 Å². The number of aromatic nitrogens is 1. The number of rotatable bonds is 3. The molecule has 2 N–H and O–H groups in total. The van der Waals surface area contributed by atoms with Crippen LogP contribution in [0.1, 0.15) is 11.1 Å². The van der Waals surface area contributed by atoms with E-state index in [1.54, 1.807) is 42.6 Å². The Morgan fingerprint density at radius 3 is 2.67 bits per heavy atom. The lowest BCUT2D eigenvalue weighted by molar-refractivity contribution is 0.473. The molecule has 0 aliphatic rings. The van der Waals surface area contributed by atoms with Crippen molar-refractivity contribution in [3.63, 3.8) is 0 Å². The number of aliphatic imine (C=N–C) groups is 1. The number of halogens is 1. The molecular formula is C21H15BrN2O3. The van der Waals surface area contributed by atoms with Crippen molar-refractivity contribution in [2.75, 3.05) is 0 Å². The topological polar surface area (TPSA) is 78.9 Å². The van der Waals surface area contributed by atoms with Gasteiger partial charge in [0.1, 0.15) is 17.0 Å². The van der Waals surface area contributed by atoms with E-state index in [1.807, 2.05) is 25.1 Å². The van der Waals surface area contributed by atoms with Gasteiger partial charge in [0.25, 0.3) is 0 Å². The highest BCUT2D eigenvalue weighted by Crippen LogP contribution is 2.34. The molecule has 0 amide bonds. The van der Waals surface area contributed by atoms with E-state index in [4.69, 9.17) is 4.42 Å². The van der Waals surface area contributed by atoms with Gasteiger partial charge in [0, 0.05) is 16.3 Å². The van der Waals surface area contributed by atoms with Crippen LogP contribution in [-0.4, -0.2) is 21.4 Å². The molecule has 4 rings (SSSR count). The summed E-state index contributed by atoms with van der Waals surface area (Å²) in [5.41, 5.74) is 4.09. The highest BCUT2D eigenvalue weighted by Gasteiger charge is 2.13. The van der Waals surface area contributed by atoms with Gasteiger partial charge in [-0.15, -0.1) is 0 Å². The van der Waals surface area contributed by atoms with Crippen LogP contribution in [-0.2, 0) is 0 Å². The SMILES string of the molecule is Cc1ccc2nc(-c3cc(N=Cc4cc(Br)ccc4O)ccc3O)oc2c1. The van der Waals surface area contributed by atoms with Crippen molar-refractivity contribution < 1.29 is 14.6 Å². The number of phenols is 2. The zero-order valence-electron chi connectivity index (χ0n) is 14.3. The first-order chi connectivity index (χ1) is 13.0. The fourth-order valence-electron chi connectivity index (χ4n) is 2.70. The van der Waals surface area contributed by atoms with E-state index < -0.39 is 0 Å². The van der Waals surface area contributed by atoms with E-state index in [0.29, 0.717) is 28.3 Å². The van der Waals surface area contributed by atoms with Crippen molar-refractivity contribution in [2.45, 2.75) is 6.92 Å². The minimum absolute atomic E-state index is 0.0579. The maximum absolute atomic E-state index is 10.2. The predicted molar refractivity (Wildman–Crippen MR) is 109 cm³/mol. The van der Waals surface area contributed by atoms with Crippen LogP contribution in [0.15, 0.2) is 68.5 Å². The Labute approximate surface area is 163 Å². The second kappa shape index (κ2) is 6.89. The van der Waals surface area contributed by atoms with Crippen molar-refractivity contribution in [2.24, 2.45) is 4.99 Å². The number of aromatic hydroxyl groups is 2. The lowest BCUT2D eigenvalue weighted by Gasteiger charge is -2.02. The number of hydrogen-bond donors (Lipinski definition) is 2. The molecule has 4 aromatic rings. The Balaban J connectivity index is 1.72. The van der Waals surface area contributed by atoms with Gasteiger partial charge in [-0.25, -0.2) is 4.98 Å². The summed E-state index contributed by atoms with van der Waals surface area (Å²) in [6, 6.07) is 15.8. The largest absolute Gasteiger partial charge is 0.507 e. The molecule has 0 spiro atoms. The smallest absolute Gasteiger partial charge is 0.231 e. The lowest BCUT2D eigenvalue weighted by Crippen LogP contribution is -1.83. The molecule has 27 heavy (non-hydrogen) atoms. The van der Waals surface area contributed by atoms with Gasteiger partial charge in [-0.2, -0.15) is 0 Å². The molecule has 6 heteroatoms. The number of benzene rings is 3. The normalized spacial score (nSPS) is 11.5. The third-order valence-electron chi connectivity index (χ3n) is 4.10. The molecule has 0 saturated heterocycles. The minimum atomic E-state index is 0.0579. The maximum atomic E-state index is 10.2. The van der Waals surface area contributed by atoms with Crippen molar-refractivity contribution in [3.8, 4) is 23.0 Å². The first kappa shape index (κ1) is 17.3. The maximum Gasteiger partial charge on any atom is 0.231 e.